The summed E-state index contributed by atoms with van der Waals surface area (Å²) in [6.45, 7) is 5.24. The molecule has 1 aromatic rings. The molecule has 0 unspecified atom stereocenters. The topological polar surface area (TPSA) is 29.5 Å². The summed E-state index contributed by atoms with van der Waals surface area (Å²) in [5.74, 6) is 6.81. The van der Waals surface area contributed by atoms with Crippen LogP contribution in [0, 0.1) is 11.8 Å². The van der Waals surface area contributed by atoms with Crippen molar-refractivity contribution >= 4 is 0 Å². The smallest absolute Gasteiger partial charge is 0.120 e. The number of hydrogen-bond donors (Lipinski definition) is 1. The molecule has 0 bridgehead atoms. The zero-order chi connectivity index (χ0) is 25.9. The molecule has 0 aliphatic heterocycles. The zero-order valence-corrected chi connectivity index (χ0v) is 24.1. The van der Waals surface area contributed by atoms with Gasteiger partial charge in [0.2, 0.25) is 0 Å². The summed E-state index contributed by atoms with van der Waals surface area (Å²) in [5, 5.41) is 9.09. The fourth-order valence-corrected chi connectivity index (χ4v) is 4.88. The molecule has 0 fully saturated rings. The van der Waals surface area contributed by atoms with E-state index in [-0.39, 0.29) is 6.61 Å². The molecule has 1 rings (SSSR count). The third kappa shape index (κ3) is 19.7. The number of rotatable bonds is 24. The first-order chi connectivity index (χ1) is 17.8. The van der Waals surface area contributed by atoms with Crippen molar-refractivity contribution < 1.29 is 9.84 Å². The van der Waals surface area contributed by atoms with E-state index < -0.39 is 0 Å². The Labute approximate surface area is 225 Å². The Morgan fingerprint density at radius 3 is 1.56 bits per heavy atom. The lowest BCUT2D eigenvalue weighted by Gasteiger charge is -2.10. The summed E-state index contributed by atoms with van der Waals surface area (Å²) in [5.41, 5.74) is 2.27. The number of aliphatic hydroxyl groups excluding tert-OH is 1. The molecule has 2 heteroatoms. The van der Waals surface area contributed by atoms with Crippen molar-refractivity contribution in [2.45, 2.75) is 155 Å². The second-order valence-electron chi connectivity index (χ2n) is 10.6. The molecule has 1 aromatic carbocycles. The van der Waals surface area contributed by atoms with E-state index in [0.717, 1.165) is 30.8 Å². The van der Waals surface area contributed by atoms with Gasteiger partial charge in [-0.05, 0) is 43.0 Å². The van der Waals surface area contributed by atoms with Gasteiger partial charge >= 0.3 is 0 Å². The van der Waals surface area contributed by atoms with Crippen LogP contribution in [0.4, 0.5) is 0 Å². The van der Waals surface area contributed by atoms with E-state index in [1.807, 2.05) is 6.07 Å². The second kappa shape index (κ2) is 25.2. The molecule has 0 aliphatic rings. The van der Waals surface area contributed by atoms with E-state index in [1.54, 1.807) is 0 Å². The molecule has 0 atom stereocenters. The van der Waals surface area contributed by atoms with E-state index in [2.05, 4.69) is 37.8 Å². The summed E-state index contributed by atoms with van der Waals surface area (Å²) >= 11 is 0. The van der Waals surface area contributed by atoms with Gasteiger partial charge in [0, 0.05) is 5.56 Å². The van der Waals surface area contributed by atoms with Gasteiger partial charge in [-0.2, -0.15) is 0 Å². The minimum Gasteiger partial charge on any atom is -0.494 e. The minimum atomic E-state index is -0.0997. The first kappa shape index (κ1) is 32.6. The highest BCUT2D eigenvalue weighted by molar-refractivity contribution is 5.43. The maximum absolute atomic E-state index is 9.09. The summed E-state index contributed by atoms with van der Waals surface area (Å²) in [6, 6.07) is 6.41. The quantitative estimate of drug-likeness (QED) is 0.113. The fraction of sp³-hybridized carbons (Fsp3) is 0.765. The molecule has 0 heterocycles. The highest BCUT2D eigenvalue weighted by atomic mass is 16.5. The third-order valence-corrected chi connectivity index (χ3v) is 7.11. The normalized spacial score (nSPS) is 10.9. The SMILES string of the molecule is CCCCCCCCCCCCCCCc1cc(C#CCO)cc(OCCCCCCCCCC)c1. The molecule has 1 N–H and O–H groups in total. The zero-order valence-electron chi connectivity index (χ0n) is 24.1. The molecule has 0 radical (unpaired) electrons. The Bertz CT molecular complexity index is 669. The molecule has 0 saturated heterocycles. The highest BCUT2D eigenvalue weighted by Crippen LogP contribution is 2.20. The van der Waals surface area contributed by atoms with E-state index in [9.17, 15) is 0 Å². The standard InChI is InChI=1S/C34H58O2/c1-3-5-7-9-11-13-14-15-16-17-18-20-22-25-32-29-33(26-24-27-35)31-34(30-32)36-28-23-21-19-12-10-8-6-4-2/h29-31,35H,3-23,25,27-28H2,1-2H3. The molecule has 206 valence electrons. The Morgan fingerprint density at radius 2 is 1.06 bits per heavy atom. The summed E-state index contributed by atoms with van der Waals surface area (Å²) < 4.78 is 6.10. The minimum absolute atomic E-state index is 0.0997. The molecular weight excluding hydrogens is 440 g/mol. The van der Waals surface area contributed by atoms with Gasteiger partial charge in [-0.25, -0.2) is 0 Å². The second-order valence-corrected chi connectivity index (χ2v) is 10.6. The summed E-state index contributed by atoms with van der Waals surface area (Å²) in [6.07, 6.45) is 29.6. The van der Waals surface area contributed by atoms with Crippen LogP contribution >= 0.6 is 0 Å². The van der Waals surface area contributed by atoms with Crippen molar-refractivity contribution in [1.29, 1.82) is 0 Å². The van der Waals surface area contributed by atoms with Gasteiger partial charge in [-0.15, -0.1) is 0 Å². The van der Waals surface area contributed by atoms with E-state index in [0.29, 0.717) is 0 Å². The molecule has 2 nitrogen and oxygen atoms in total. The molecule has 36 heavy (non-hydrogen) atoms. The average Bonchev–Trinajstić information content (AvgIpc) is 2.89. The Balaban J connectivity index is 2.21. The number of ether oxygens (including phenoxy) is 1. The van der Waals surface area contributed by atoms with E-state index in [1.165, 1.54) is 134 Å². The maximum Gasteiger partial charge on any atom is 0.120 e. The van der Waals surface area contributed by atoms with Gasteiger partial charge in [-0.3, -0.25) is 0 Å². The van der Waals surface area contributed by atoms with Gasteiger partial charge in [0.05, 0.1) is 6.61 Å². The van der Waals surface area contributed by atoms with Crippen molar-refractivity contribution in [3.05, 3.63) is 29.3 Å². The van der Waals surface area contributed by atoms with Gasteiger partial charge in [0.25, 0.3) is 0 Å². The number of aryl methyl sites for hydroxylation is 1. The van der Waals surface area contributed by atoms with Gasteiger partial charge < -0.3 is 9.84 Å². The number of aliphatic hydroxyl groups is 1. The largest absolute Gasteiger partial charge is 0.494 e. The first-order valence-electron chi connectivity index (χ1n) is 15.7. The number of hydrogen-bond acceptors (Lipinski definition) is 2. The summed E-state index contributed by atoms with van der Waals surface area (Å²) in [7, 11) is 0. The first-order valence-corrected chi connectivity index (χ1v) is 15.7. The van der Waals surface area contributed by atoms with Crippen LogP contribution in [0.5, 0.6) is 5.75 Å². The van der Waals surface area contributed by atoms with Crippen LogP contribution in [0.25, 0.3) is 0 Å². The van der Waals surface area contributed by atoms with Crippen molar-refractivity contribution in [1.82, 2.24) is 0 Å². The van der Waals surface area contributed by atoms with E-state index >= 15 is 0 Å². The highest BCUT2D eigenvalue weighted by Gasteiger charge is 2.03. The molecule has 0 aliphatic carbocycles. The Hall–Kier alpha value is -1.46. The lowest BCUT2D eigenvalue weighted by Crippen LogP contribution is -1.99. The predicted molar refractivity (Wildman–Crippen MR) is 158 cm³/mol. The average molecular weight is 499 g/mol. The molecule has 0 saturated carbocycles. The van der Waals surface area contributed by atoms with Crippen LogP contribution in [-0.4, -0.2) is 18.3 Å². The lowest BCUT2D eigenvalue weighted by atomic mass is 10.0. The molecule has 0 amide bonds. The van der Waals surface area contributed by atoms with Crippen LogP contribution < -0.4 is 4.74 Å². The number of unbranched alkanes of at least 4 members (excludes halogenated alkanes) is 19. The molecule has 0 spiro atoms. The molecule has 0 aromatic heterocycles. The van der Waals surface area contributed by atoms with Crippen molar-refractivity contribution in [2.24, 2.45) is 0 Å². The Morgan fingerprint density at radius 1 is 0.583 bits per heavy atom. The predicted octanol–water partition coefficient (Wildman–Crippen LogP) is 10.2. The van der Waals surface area contributed by atoms with Crippen LogP contribution in [0.3, 0.4) is 0 Å². The Kier molecular flexibility index (Phi) is 22.8. The fourth-order valence-electron chi connectivity index (χ4n) is 4.88. The van der Waals surface area contributed by atoms with Crippen LogP contribution in [0.1, 0.15) is 160 Å². The maximum atomic E-state index is 9.09. The van der Waals surface area contributed by atoms with Crippen molar-refractivity contribution in [2.75, 3.05) is 13.2 Å². The monoisotopic (exact) mass is 498 g/mol. The van der Waals surface area contributed by atoms with Gasteiger partial charge in [0.15, 0.2) is 0 Å². The van der Waals surface area contributed by atoms with Crippen LogP contribution in [0.2, 0.25) is 0 Å². The van der Waals surface area contributed by atoms with Crippen LogP contribution in [-0.2, 0) is 6.42 Å². The number of benzene rings is 1. The van der Waals surface area contributed by atoms with E-state index in [4.69, 9.17) is 9.84 Å². The molecular formula is C34H58O2. The van der Waals surface area contributed by atoms with Crippen molar-refractivity contribution in [3.63, 3.8) is 0 Å². The van der Waals surface area contributed by atoms with Crippen LogP contribution in [0.15, 0.2) is 18.2 Å². The lowest BCUT2D eigenvalue weighted by molar-refractivity contribution is 0.304. The van der Waals surface area contributed by atoms with Gasteiger partial charge in [0.1, 0.15) is 12.4 Å². The van der Waals surface area contributed by atoms with Gasteiger partial charge in [-0.1, -0.05) is 148 Å². The third-order valence-electron chi connectivity index (χ3n) is 7.11. The summed E-state index contributed by atoms with van der Waals surface area (Å²) in [4.78, 5) is 0. The van der Waals surface area contributed by atoms with Crippen molar-refractivity contribution in [3.8, 4) is 17.6 Å².